The number of halogens is 1. The molecule has 5 heteroatoms. The molecule has 0 radical (unpaired) electrons. The Bertz CT molecular complexity index is 414. The predicted molar refractivity (Wildman–Crippen MR) is 70.3 cm³/mol. The van der Waals surface area contributed by atoms with Gasteiger partial charge < -0.3 is 15.8 Å². The van der Waals surface area contributed by atoms with E-state index in [1.807, 2.05) is 0 Å². The van der Waals surface area contributed by atoms with Gasteiger partial charge in [0.25, 0.3) is 5.91 Å². The zero-order chi connectivity index (χ0) is 13.7. The van der Waals surface area contributed by atoms with Crippen molar-refractivity contribution in [3.63, 3.8) is 0 Å². The Labute approximate surface area is 112 Å². The zero-order valence-electron chi connectivity index (χ0n) is 10.8. The first-order valence-electron chi connectivity index (χ1n) is 6.57. The van der Waals surface area contributed by atoms with E-state index in [-0.39, 0.29) is 30.4 Å². The average Bonchev–Trinajstić information content (AvgIpc) is 2.41. The number of hydrogen-bond acceptors (Lipinski definition) is 3. The molecule has 0 aliphatic heterocycles. The zero-order valence-corrected chi connectivity index (χ0v) is 10.8. The Hall–Kier alpha value is -1.62. The van der Waals surface area contributed by atoms with E-state index in [0.717, 1.165) is 25.7 Å². The fourth-order valence-corrected chi connectivity index (χ4v) is 2.21. The quantitative estimate of drug-likeness (QED) is 0.870. The van der Waals surface area contributed by atoms with E-state index in [1.54, 1.807) is 0 Å². The van der Waals surface area contributed by atoms with Gasteiger partial charge in [-0.2, -0.15) is 0 Å². The number of amides is 1. The van der Waals surface area contributed by atoms with Crippen LogP contribution in [0.25, 0.3) is 0 Å². The summed E-state index contributed by atoms with van der Waals surface area (Å²) in [5.74, 6) is 0.0161. The summed E-state index contributed by atoms with van der Waals surface area (Å²) in [5.41, 5.74) is 5.81. The van der Waals surface area contributed by atoms with Gasteiger partial charge in [-0.15, -0.1) is 0 Å². The van der Waals surface area contributed by atoms with Gasteiger partial charge in [-0.3, -0.25) is 4.79 Å². The lowest BCUT2D eigenvalue weighted by molar-refractivity contribution is -0.124. The van der Waals surface area contributed by atoms with Crippen molar-refractivity contribution in [1.29, 1.82) is 0 Å². The van der Waals surface area contributed by atoms with E-state index in [4.69, 9.17) is 10.5 Å². The Morgan fingerprint density at radius 3 is 2.53 bits per heavy atom. The van der Waals surface area contributed by atoms with Crippen molar-refractivity contribution in [2.45, 2.75) is 37.8 Å². The fraction of sp³-hybridized carbons (Fsp3) is 0.500. The highest BCUT2D eigenvalue weighted by Gasteiger charge is 2.19. The second-order valence-corrected chi connectivity index (χ2v) is 4.92. The van der Waals surface area contributed by atoms with E-state index in [2.05, 4.69) is 5.32 Å². The van der Waals surface area contributed by atoms with Crippen LogP contribution in [0.5, 0.6) is 5.75 Å². The molecule has 19 heavy (non-hydrogen) atoms. The maximum Gasteiger partial charge on any atom is 0.258 e. The Morgan fingerprint density at radius 1 is 1.26 bits per heavy atom. The molecule has 4 nitrogen and oxygen atoms in total. The largest absolute Gasteiger partial charge is 0.484 e. The third-order valence-electron chi connectivity index (χ3n) is 3.32. The van der Waals surface area contributed by atoms with E-state index < -0.39 is 0 Å². The van der Waals surface area contributed by atoms with Crippen LogP contribution < -0.4 is 15.8 Å². The van der Waals surface area contributed by atoms with Gasteiger partial charge in [0, 0.05) is 12.1 Å². The molecule has 0 unspecified atom stereocenters. The SMILES string of the molecule is NC1CCC(NC(=O)COc2ccc(F)cc2)CC1. The normalized spacial score (nSPS) is 22.8. The van der Waals surface area contributed by atoms with Crippen LogP contribution in [0, 0.1) is 5.82 Å². The molecule has 1 fully saturated rings. The summed E-state index contributed by atoms with van der Waals surface area (Å²) < 4.78 is 18.0. The molecule has 0 saturated heterocycles. The van der Waals surface area contributed by atoms with Gasteiger partial charge in [0.15, 0.2) is 6.61 Å². The first kappa shape index (κ1) is 13.8. The molecule has 1 aliphatic carbocycles. The molecule has 0 aromatic heterocycles. The minimum absolute atomic E-state index is 0.0474. The van der Waals surface area contributed by atoms with Crippen molar-refractivity contribution in [2.24, 2.45) is 5.73 Å². The number of hydrogen-bond donors (Lipinski definition) is 2. The number of rotatable bonds is 4. The number of nitrogens with one attached hydrogen (secondary N) is 1. The molecule has 1 amide bonds. The Morgan fingerprint density at radius 2 is 1.89 bits per heavy atom. The second-order valence-electron chi connectivity index (χ2n) is 4.92. The minimum atomic E-state index is -0.324. The Kier molecular flexibility index (Phi) is 4.74. The monoisotopic (exact) mass is 266 g/mol. The molecule has 1 saturated carbocycles. The lowest BCUT2D eigenvalue weighted by Crippen LogP contribution is -2.42. The molecule has 2 rings (SSSR count). The topological polar surface area (TPSA) is 64.3 Å². The average molecular weight is 266 g/mol. The summed E-state index contributed by atoms with van der Waals surface area (Å²) in [4.78, 5) is 11.7. The molecular formula is C14H19FN2O2. The van der Waals surface area contributed by atoms with Crippen molar-refractivity contribution >= 4 is 5.91 Å². The Balaban J connectivity index is 1.71. The highest BCUT2D eigenvalue weighted by Crippen LogP contribution is 2.17. The van der Waals surface area contributed by atoms with Crippen LogP contribution in [-0.4, -0.2) is 24.6 Å². The van der Waals surface area contributed by atoms with Gasteiger partial charge in [-0.1, -0.05) is 0 Å². The first-order chi connectivity index (χ1) is 9.13. The lowest BCUT2D eigenvalue weighted by Gasteiger charge is -2.26. The highest BCUT2D eigenvalue weighted by molar-refractivity contribution is 5.77. The van der Waals surface area contributed by atoms with Gasteiger partial charge in [0.1, 0.15) is 11.6 Å². The van der Waals surface area contributed by atoms with Crippen LogP contribution in [0.1, 0.15) is 25.7 Å². The van der Waals surface area contributed by atoms with Gasteiger partial charge in [-0.25, -0.2) is 4.39 Å². The van der Waals surface area contributed by atoms with Crippen molar-refractivity contribution in [2.75, 3.05) is 6.61 Å². The summed E-state index contributed by atoms with van der Waals surface area (Å²) in [7, 11) is 0. The maximum absolute atomic E-state index is 12.7. The number of ether oxygens (including phenoxy) is 1. The third kappa shape index (κ3) is 4.52. The van der Waals surface area contributed by atoms with Crippen molar-refractivity contribution < 1.29 is 13.9 Å². The number of nitrogens with two attached hydrogens (primary N) is 1. The molecule has 1 aliphatic rings. The summed E-state index contributed by atoms with van der Waals surface area (Å²) in [6.45, 7) is -0.0474. The predicted octanol–water partition coefficient (Wildman–Crippen LogP) is 1.59. The van der Waals surface area contributed by atoms with Crippen molar-refractivity contribution in [3.8, 4) is 5.75 Å². The summed E-state index contributed by atoms with van der Waals surface area (Å²) in [6, 6.07) is 6.07. The minimum Gasteiger partial charge on any atom is -0.484 e. The smallest absolute Gasteiger partial charge is 0.258 e. The molecule has 104 valence electrons. The van der Waals surface area contributed by atoms with E-state index in [9.17, 15) is 9.18 Å². The van der Waals surface area contributed by atoms with E-state index >= 15 is 0 Å². The second kappa shape index (κ2) is 6.52. The number of carbonyl (C=O) groups is 1. The van der Waals surface area contributed by atoms with Crippen LogP contribution >= 0.6 is 0 Å². The third-order valence-corrected chi connectivity index (χ3v) is 3.32. The van der Waals surface area contributed by atoms with Crippen molar-refractivity contribution in [1.82, 2.24) is 5.32 Å². The van der Waals surface area contributed by atoms with Gasteiger partial charge in [0.05, 0.1) is 0 Å². The standard InChI is InChI=1S/C14H19FN2O2/c15-10-1-7-13(8-2-10)19-9-14(18)17-12-5-3-11(16)4-6-12/h1-2,7-8,11-12H,3-6,9,16H2,(H,17,18). The molecule has 3 N–H and O–H groups in total. The van der Waals surface area contributed by atoms with Gasteiger partial charge in [-0.05, 0) is 49.9 Å². The van der Waals surface area contributed by atoms with Gasteiger partial charge >= 0.3 is 0 Å². The van der Waals surface area contributed by atoms with Crippen LogP contribution in [0.4, 0.5) is 4.39 Å². The molecule has 0 heterocycles. The molecule has 0 atom stereocenters. The molecule has 0 spiro atoms. The van der Waals surface area contributed by atoms with Crippen LogP contribution in [0.3, 0.4) is 0 Å². The van der Waals surface area contributed by atoms with Gasteiger partial charge in [0.2, 0.25) is 0 Å². The summed E-state index contributed by atoms with van der Waals surface area (Å²) >= 11 is 0. The summed E-state index contributed by atoms with van der Waals surface area (Å²) in [6.07, 6.45) is 3.74. The number of carbonyl (C=O) groups excluding carboxylic acids is 1. The van der Waals surface area contributed by atoms with Crippen LogP contribution in [0.15, 0.2) is 24.3 Å². The van der Waals surface area contributed by atoms with Crippen LogP contribution in [-0.2, 0) is 4.79 Å². The highest BCUT2D eigenvalue weighted by atomic mass is 19.1. The van der Waals surface area contributed by atoms with Crippen LogP contribution in [0.2, 0.25) is 0 Å². The maximum atomic E-state index is 12.7. The van der Waals surface area contributed by atoms with E-state index in [0.29, 0.717) is 5.75 Å². The first-order valence-corrected chi connectivity index (χ1v) is 6.57. The molecular weight excluding hydrogens is 247 g/mol. The summed E-state index contributed by atoms with van der Waals surface area (Å²) in [5, 5.41) is 2.93. The lowest BCUT2D eigenvalue weighted by atomic mass is 9.92. The molecule has 1 aromatic carbocycles. The molecule has 1 aromatic rings. The molecule has 0 bridgehead atoms. The fourth-order valence-electron chi connectivity index (χ4n) is 2.21. The number of benzene rings is 1. The van der Waals surface area contributed by atoms with E-state index in [1.165, 1.54) is 24.3 Å². The van der Waals surface area contributed by atoms with Crippen molar-refractivity contribution in [3.05, 3.63) is 30.1 Å².